The van der Waals surface area contributed by atoms with E-state index in [-0.39, 0.29) is 11.3 Å². The second kappa shape index (κ2) is 3.09. The molecule has 1 aliphatic rings. The zero-order chi connectivity index (χ0) is 11.2. The molecule has 2 nitrogen and oxygen atoms in total. The molecule has 0 spiro atoms. The Labute approximate surface area is 90.5 Å². The predicted molar refractivity (Wildman–Crippen MR) is 61.0 cm³/mol. The zero-order valence-corrected chi connectivity index (χ0v) is 9.50. The van der Waals surface area contributed by atoms with Crippen molar-refractivity contribution in [2.75, 3.05) is 0 Å². The Morgan fingerprint density at radius 3 is 2.73 bits per heavy atom. The summed E-state index contributed by atoms with van der Waals surface area (Å²) in [4.78, 5) is 11.3. The van der Waals surface area contributed by atoms with Gasteiger partial charge in [0.2, 0.25) is 5.91 Å². The van der Waals surface area contributed by atoms with Crippen molar-refractivity contribution in [1.29, 1.82) is 0 Å². The van der Waals surface area contributed by atoms with Gasteiger partial charge in [0, 0.05) is 5.56 Å². The van der Waals surface area contributed by atoms with E-state index in [1.807, 2.05) is 12.1 Å². The molecule has 15 heavy (non-hydrogen) atoms. The van der Waals surface area contributed by atoms with Crippen molar-refractivity contribution in [3.63, 3.8) is 0 Å². The Morgan fingerprint density at radius 1 is 1.47 bits per heavy atom. The molecule has 2 N–H and O–H groups in total. The smallest absolute Gasteiger partial charge is 0.248 e. The first kappa shape index (κ1) is 10.2. The lowest BCUT2D eigenvalue weighted by molar-refractivity contribution is 0.0999. The van der Waals surface area contributed by atoms with E-state index in [4.69, 9.17) is 5.73 Å². The van der Waals surface area contributed by atoms with Gasteiger partial charge in [0.15, 0.2) is 0 Å². The number of amides is 1. The van der Waals surface area contributed by atoms with Gasteiger partial charge in [0.05, 0.1) is 0 Å². The van der Waals surface area contributed by atoms with Gasteiger partial charge < -0.3 is 5.73 Å². The van der Waals surface area contributed by atoms with Crippen molar-refractivity contribution in [3.05, 3.63) is 34.9 Å². The molecule has 0 aromatic heterocycles. The van der Waals surface area contributed by atoms with Crippen LogP contribution in [-0.4, -0.2) is 5.91 Å². The highest BCUT2D eigenvalue weighted by molar-refractivity contribution is 5.95. The maximum absolute atomic E-state index is 11.3. The van der Waals surface area contributed by atoms with Gasteiger partial charge in [0.25, 0.3) is 0 Å². The van der Waals surface area contributed by atoms with E-state index in [1.54, 1.807) is 0 Å². The summed E-state index contributed by atoms with van der Waals surface area (Å²) in [5.41, 5.74) is 8.71. The van der Waals surface area contributed by atoms with Crippen molar-refractivity contribution >= 4 is 5.91 Å². The summed E-state index contributed by atoms with van der Waals surface area (Å²) in [5, 5.41) is 0. The number of fused-ring (bicyclic) bond motifs is 1. The van der Waals surface area contributed by atoms with Crippen molar-refractivity contribution in [1.82, 2.24) is 0 Å². The van der Waals surface area contributed by atoms with Crippen molar-refractivity contribution in [2.24, 2.45) is 5.73 Å². The average molecular weight is 203 g/mol. The third-order valence-electron chi connectivity index (χ3n) is 3.41. The van der Waals surface area contributed by atoms with Crippen LogP contribution in [0.15, 0.2) is 18.2 Å². The fourth-order valence-corrected chi connectivity index (χ4v) is 2.88. The van der Waals surface area contributed by atoms with Crippen LogP contribution < -0.4 is 5.73 Å². The minimum atomic E-state index is -0.309. The van der Waals surface area contributed by atoms with E-state index >= 15 is 0 Å². The van der Waals surface area contributed by atoms with E-state index in [9.17, 15) is 4.79 Å². The second-order valence-electron chi connectivity index (χ2n) is 5.12. The lowest BCUT2D eigenvalue weighted by atomic mass is 9.86. The SMILES string of the molecule is CC1CC(C)(C)c2cccc(C(N)=O)c21. The Morgan fingerprint density at radius 2 is 2.13 bits per heavy atom. The lowest BCUT2D eigenvalue weighted by Gasteiger charge is -2.18. The Kier molecular flexibility index (Phi) is 2.10. The Bertz CT molecular complexity index is 421. The molecule has 1 unspecified atom stereocenters. The van der Waals surface area contributed by atoms with Gasteiger partial charge in [-0.1, -0.05) is 32.9 Å². The van der Waals surface area contributed by atoms with Crippen LogP contribution in [0.4, 0.5) is 0 Å². The van der Waals surface area contributed by atoms with E-state index in [0.29, 0.717) is 11.5 Å². The molecule has 0 bridgehead atoms. The zero-order valence-electron chi connectivity index (χ0n) is 9.50. The molecule has 0 heterocycles. The fraction of sp³-hybridized carbons (Fsp3) is 0.462. The molecule has 1 amide bonds. The molecule has 2 heteroatoms. The molecular weight excluding hydrogens is 186 g/mol. The van der Waals surface area contributed by atoms with Gasteiger partial charge in [-0.25, -0.2) is 0 Å². The summed E-state index contributed by atoms with van der Waals surface area (Å²) >= 11 is 0. The van der Waals surface area contributed by atoms with Crippen LogP contribution in [0.5, 0.6) is 0 Å². The summed E-state index contributed by atoms with van der Waals surface area (Å²) < 4.78 is 0. The monoisotopic (exact) mass is 203 g/mol. The van der Waals surface area contributed by atoms with Crippen LogP contribution >= 0.6 is 0 Å². The van der Waals surface area contributed by atoms with Gasteiger partial charge in [-0.3, -0.25) is 4.79 Å². The van der Waals surface area contributed by atoms with E-state index in [2.05, 4.69) is 26.8 Å². The van der Waals surface area contributed by atoms with Crippen LogP contribution in [0.25, 0.3) is 0 Å². The van der Waals surface area contributed by atoms with Crippen molar-refractivity contribution in [3.8, 4) is 0 Å². The predicted octanol–water partition coefficient (Wildman–Crippen LogP) is 2.57. The van der Waals surface area contributed by atoms with Gasteiger partial charge in [-0.15, -0.1) is 0 Å². The number of hydrogen-bond donors (Lipinski definition) is 1. The van der Waals surface area contributed by atoms with Gasteiger partial charge in [0.1, 0.15) is 0 Å². The molecule has 1 aromatic carbocycles. The van der Waals surface area contributed by atoms with Crippen LogP contribution in [0.2, 0.25) is 0 Å². The topological polar surface area (TPSA) is 43.1 Å². The Hall–Kier alpha value is -1.31. The minimum absolute atomic E-state index is 0.167. The lowest BCUT2D eigenvalue weighted by Crippen LogP contribution is -2.15. The first-order valence-corrected chi connectivity index (χ1v) is 5.36. The molecule has 80 valence electrons. The van der Waals surface area contributed by atoms with Gasteiger partial charge >= 0.3 is 0 Å². The van der Waals surface area contributed by atoms with Crippen LogP contribution in [0.3, 0.4) is 0 Å². The second-order valence-corrected chi connectivity index (χ2v) is 5.12. The van der Waals surface area contributed by atoms with E-state index < -0.39 is 0 Å². The standard InChI is InChI=1S/C13H17NO/c1-8-7-13(2,3)10-6-4-5-9(11(8)10)12(14)15/h4-6,8H,7H2,1-3H3,(H2,14,15). The largest absolute Gasteiger partial charge is 0.366 e. The van der Waals surface area contributed by atoms with Gasteiger partial charge in [-0.2, -0.15) is 0 Å². The quantitative estimate of drug-likeness (QED) is 0.749. The number of hydrogen-bond acceptors (Lipinski definition) is 1. The Balaban J connectivity index is 2.67. The molecular formula is C13H17NO. The summed E-state index contributed by atoms with van der Waals surface area (Å²) in [7, 11) is 0. The molecule has 1 atom stereocenters. The molecule has 2 rings (SSSR count). The van der Waals surface area contributed by atoms with Crippen molar-refractivity contribution < 1.29 is 4.79 Å². The molecule has 0 aliphatic heterocycles. The fourth-order valence-electron chi connectivity index (χ4n) is 2.88. The van der Waals surface area contributed by atoms with Crippen LogP contribution in [0, 0.1) is 0 Å². The van der Waals surface area contributed by atoms with Crippen LogP contribution in [0.1, 0.15) is 54.6 Å². The highest BCUT2D eigenvalue weighted by Gasteiger charge is 2.36. The normalized spacial score (nSPS) is 22.5. The summed E-state index contributed by atoms with van der Waals surface area (Å²) in [5.74, 6) is 0.120. The number of primary amides is 1. The number of carbonyl (C=O) groups is 1. The molecule has 0 fully saturated rings. The maximum atomic E-state index is 11.3. The summed E-state index contributed by atoms with van der Waals surface area (Å²) in [6.07, 6.45) is 1.09. The summed E-state index contributed by atoms with van der Waals surface area (Å²) in [6, 6.07) is 5.88. The molecule has 0 saturated carbocycles. The van der Waals surface area contributed by atoms with E-state index in [1.165, 1.54) is 5.56 Å². The van der Waals surface area contributed by atoms with Crippen molar-refractivity contribution in [2.45, 2.75) is 38.5 Å². The third kappa shape index (κ3) is 1.44. The highest BCUT2D eigenvalue weighted by Crippen LogP contribution is 2.46. The highest BCUT2D eigenvalue weighted by atomic mass is 16.1. The molecule has 1 aliphatic carbocycles. The number of benzene rings is 1. The molecule has 0 saturated heterocycles. The van der Waals surface area contributed by atoms with Gasteiger partial charge in [-0.05, 0) is 34.9 Å². The molecule has 1 aromatic rings. The first-order valence-electron chi connectivity index (χ1n) is 5.36. The number of carbonyl (C=O) groups excluding carboxylic acids is 1. The average Bonchev–Trinajstić information content (AvgIpc) is 2.37. The first-order chi connectivity index (χ1) is 6.93. The minimum Gasteiger partial charge on any atom is -0.366 e. The number of rotatable bonds is 1. The molecule has 0 radical (unpaired) electrons. The van der Waals surface area contributed by atoms with Crippen LogP contribution in [-0.2, 0) is 5.41 Å². The van der Waals surface area contributed by atoms with E-state index in [0.717, 1.165) is 12.0 Å². The maximum Gasteiger partial charge on any atom is 0.248 e. The summed E-state index contributed by atoms with van der Waals surface area (Å²) in [6.45, 7) is 6.61. The number of nitrogens with two attached hydrogens (primary N) is 1. The third-order valence-corrected chi connectivity index (χ3v) is 3.41.